The number of hydrogen-bond donors (Lipinski definition) is 0. The number of rotatable bonds is 8. The maximum Gasteiger partial charge on any atom is 0.343 e. The van der Waals surface area contributed by atoms with Crippen LogP contribution in [0.3, 0.4) is 0 Å². The van der Waals surface area contributed by atoms with Crippen LogP contribution in [0, 0.1) is 10.1 Å². The Morgan fingerprint density at radius 1 is 1.19 bits per heavy atom. The fraction of sp³-hybridized carbons (Fsp3) is 0.190. The summed E-state index contributed by atoms with van der Waals surface area (Å²) in [5, 5.41) is 10.8. The Balaban J connectivity index is 1.83. The normalized spacial score (nSPS) is 14.6. The molecule has 3 rings (SSSR count). The number of esters is 1. The Morgan fingerprint density at radius 3 is 2.53 bits per heavy atom. The second kappa shape index (κ2) is 10.2. The zero-order valence-corrected chi connectivity index (χ0v) is 18.7. The second-order valence-electron chi connectivity index (χ2n) is 6.29. The van der Waals surface area contributed by atoms with Gasteiger partial charge in [-0.15, -0.1) is 0 Å². The fourth-order valence-corrected chi connectivity index (χ4v) is 4.06. The number of benzene rings is 2. The van der Waals surface area contributed by atoms with Crippen LogP contribution in [-0.4, -0.2) is 41.4 Å². The molecule has 0 aliphatic carbocycles. The number of amides is 1. The molecule has 0 aromatic heterocycles. The van der Waals surface area contributed by atoms with Crippen LogP contribution < -0.4 is 14.4 Å². The molecule has 0 radical (unpaired) electrons. The number of methoxy groups -OCH3 is 1. The molecule has 0 saturated carbocycles. The minimum Gasteiger partial charge on any atom is -0.490 e. The van der Waals surface area contributed by atoms with Crippen molar-refractivity contribution in [3.63, 3.8) is 0 Å². The molecule has 0 bridgehead atoms. The van der Waals surface area contributed by atoms with Crippen LogP contribution in [-0.2, 0) is 14.3 Å². The highest BCUT2D eigenvalue weighted by Crippen LogP contribution is 2.37. The number of thiocarbonyl (C=S) groups is 1. The van der Waals surface area contributed by atoms with E-state index in [1.165, 1.54) is 36.3 Å². The van der Waals surface area contributed by atoms with Gasteiger partial charge in [-0.1, -0.05) is 30.0 Å². The lowest BCUT2D eigenvalue weighted by molar-refractivity contribution is -0.384. The Hall–Kier alpha value is -3.44. The number of carbonyl (C=O) groups is 2. The maximum atomic E-state index is 12.9. The summed E-state index contributed by atoms with van der Waals surface area (Å²) in [4.78, 5) is 36.3. The quantitative estimate of drug-likeness (QED) is 0.185. The largest absolute Gasteiger partial charge is 0.490 e. The van der Waals surface area contributed by atoms with Crippen LogP contribution in [0.15, 0.2) is 47.4 Å². The zero-order chi connectivity index (χ0) is 23.3. The van der Waals surface area contributed by atoms with Crippen molar-refractivity contribution >= 4 is 57.6 Å². The fourth-order valence-electron chi connectivity index (χ4n) is 2.76. The van der Waals surface area contributed by atoms with Crippen molar-refractivity contribution in [1.82, 2.24) is 0 Å². The van der Waals surface area contributed by atoms with Crippen molar-refractivity contribution in [3.8, 4) is 11.5 Å². The van der Waals surface area contributed by atoms with Gasteiger partial charge < -0.3 is 14.2 Å². The molecule has 166 valence electrons. The van der Waals surface area contributed by atoms with Crippen molar-refractivity contribution < 1.29 is 28.7 Å². The van der Waals surface area contributed by atoms with E-state index < -0.39 is 10.9 Å². The molecule has 2 aromatic rings. The summed E-state index contributed by atoms with van der Waals surface area (Å²) in [6.45, 7) is 1.93. The Morgan fingerprint density at radius 2 is 1.91 bits per heavy atom. The smallest absolute Gasteiger partial charge is 0.343 e. The molecule has 1 aliphatic rings. The van der Waals surface area contributed by atoms with Gasteiger partial charge in [-0.25, -0.2) is 4.79 Å². The van der Waals surface area contributed by atoms with Crippen LogP contribution in [0.1, 0.15) is 12.5 Å². The molecule has 32 heavy (non-hydrogen) atoms. The number of nitro groups is 1. The van der Waals surface area contributed by atoms with E-state index in [-0.39, 0.29) is 18.2 Å². The van der Waals surface area contributed by atoms with Gasteiger partial charge in [-0.3, -0.25) is 19.8 Å². The van der Waals surface area contributed by atoms with E-state index in [1.807, 2.05) is 6.92 Å². The topological polar surface area (TPSA) is 108 Å². The molecule has 1 heterocycles. The van der Waals surface area contributed by atoms with E-state index in [0.29, 0.717) is 38.6 Å². The third-order valence-electron chi connectivity index (χ3n) is 4.25. The first-order valence-corrected chi connectivity index (χ1v) is 10.6. The molecule has 9 nitrogen and oxygen atoms in total. The van der Waals surface area contributed by atoms with Gasteiger partial charge in [0.25, 0.3) is 11.6 Å². The summed E-state index contributed by atoms with van der Waals surface area (Å²) in [5.74, 6) is -0.0758. The lowest BCUT2D eigenvalue weighted by atomic mass is 10.1. The molecule has 0 spiro atoms. The summed E-state index contributed by atoms with van der Waals surface area (Å²) < 4.78 is 15.9. The van der Waals surface area contributed by atoms with E-state index in [2.05, 4.69) is 4.74 Å². The molecule has 1 amide bonds. The molecular weight excluding hydrogens is 456 g/mol. The van der Waals surface area contributed by atoms with E-state index in [1.54, 1.807) is 24.3 Å². The van der Waals surface area contributed by atoms with Gasteiger partial charge in [0.05, 0.1) is 29.2 Å². The van der Waals surface area contributed by atoms with E-state index in [0.717, 1.165) is 11.8 Å². The number of ether oxygens (including phenoxy) is 3. The number of hydrogen-bond acceptors (Lipinski definition) is 9. The van der Waals surface area contributed by atoms with Crippen LogP contribution in [0.2, 0.25) is 0 Å². The number of thioether (sulfide) groups is 1. The van der Waals surface area contributed by atoms with Crippen molar-refractivity contribution in [2.24, 2.45) is 0 Å². The molecule has 1 aliphatic heterocycles. The molecule has 0 N–H and O–H groups in total. The summed E-state index contributed by atoms with van der Waals surface area (Å²) in [7, 11) is 1.27. The van der Waals surface area contributed by atoms with Gasteiger partial charge in [0, 0.05) is 12.1 Å². The zero-order valence-electron chi connectivity index (χ0n) is 17.1. The first-order valence-electron chi connectivity index (χ1n) is 9.33. The standard InChI is InChI=1S/C21H18N2O7S2/c1-3-29-17-10-13(4-9-16(17)30-12-19(24)28-2)11-18-20(25)22(21(31)32-18)14-5-7-15(8-6-14)23(26)27/h4-11H,3,12H2,1-2H3/b18-11-. The van der Waals surface area contributed by atoms with Gasteiger partial charge in [0.2, 0.25) is 0 Å². The number of anilines is 1. The van der Waals surface area contributed by atoms with Gasteiger partial charge in [0.15, 0.2) is 22.4 Å². The number of non-ortho nitro benzene ring substituents is 1. The van der Waals surface area contributed by atoms with Crippen LogP contribution in [0.25, 0.3) is 6.08 Å². The van der Waals surface area contributed by atoms with Crippen LogP contribution in [0.4, 0.5) is 11.4 Å². The first-order chi connectivity index (χ1) is 15.3. The summed E-state index contributed by atoms with van der Waals surface area (Å²) in [5.41, 5.74) is 1.04. The predicted octanol–water partition coefficient (Wildman–Crippen LogP) is 3.95. The van der Waals surface area contributed by atoms with Gasteiger partial charge in [0.1, 0.15) is 0 Å². The highest BCUT2D eigenvalue weighted by molar-refractivity contribution is 8.27. The maximum absolute atomic E-state index is 12.9. The lowest BCUT2D eigenvalue weighted by Crippen LogP contribution is -2.27. The van der Waals surface area contributed by atoms with Crippen molar-refractivity contribution in [2.75, 3.05) is 25.2 Å². The summed E-state index contributed by atoms with van der Waals surface area (Å²) >= 11 is 6.46. The first kappa shape index (κ1) is 23.2. The van der Waals surface area contributed by atoms with E-state index in [4.69, 9.17) is 21.7 Å². The molecule has 11 heteroatoms. The Bertz CT molecular complexity index is 1100. The predicted molar refractivity (Wildman–Crippen MR) is 124 cm³/mol. The third-order valence-corrected chi connectivity index (χ3v) is 5.55. The second-order valence-corrected chi connectivity index (χ2v) is 7.97. The van der Waals surface area contributed by atoms with E-state index >= 15 is 0 Å². The van der Waals surface area contributed by atoms with Gasteiger partial charge in [-0.2, -0.15) is 0 Å². The average molecular weight is 475 g/mol. The number of nitro benzene ring substituents is 1. The number of nitrogens with zero attached hydrogens (tertiary/aromatic N) is 2. The average Bonchev–Trinajstić information content (AvgIpc) is 3.05. The van der Waals surface area contributed by atoms with E-state index in [9.17, 15) is 19.7 Å². The Kier molecular flexibility index (Phi) is 7.44. The monoisotopic (exact) mass is 474 g/mol. The van der Waals surface area contributed by atoms with Crippen molar-refractivity contribution in [2.45, 2.75) is 6.92 Å². The van der Waals surface area contributed by atoms with Crippen LogP contribution >= 0.6 is 24.0 Å². The molecular formula is C21H18N2O7S2. The van der Waals surface area contributed by atoms with Crippen LogP contribution in [0.5, 0.6) is 11.5 Å². The molecule has 2 aromatic carbocycles. The lowest BCUT2D eigenvalue weighted by Gasteiger charge is -2.14. The minimum atomic E-state index is -0.522. The molecule has 1 fully saturated rings. The molecule has 1 saturated heterocycles. The number of carbonyl (C=O) groups excluding carboxylic acids is 2. The summed E-state index contributed by atoms with van der Waals surface area (Å²) in [6, 6.07) is 10.6. The highest BCUT2D eigenvalue weighted by Gasteiger charge is 2.33. The summed E-state index contributed by atoms with van der Waals surface area (Å²) in [6.07, 6.45) is 1.66. The SMILES string of the molecule is CCOc1cc(/C=C2\SC(=S)N(c3ccc([N+](=O)[O-])cc3)C2=O)ccc1OCC(=O)OC. The molecule has 0 atom stereocenters. The van der Waals surface area contributed by atoms with Crippen molar-refractivity contribution in [1.29, 1.82) is 0 Å². The highest BCUT2D eigenvalue weighted by atomic mass is 32.2. The minimum absolute atomic E-state index is 0.0762. The van der Waals surface area contributed by atoms with Gasteiger partial charge in [-0.05, 0) is 42.8 Å². The third kappa shape index (κ3) is 5.24. The van der Waals surface area contributed by atoms with Gasteiger partial charge >= 0.3 is 5.97 Å². The molecule has 0 unspecified atom stereocenters. The van der Waals surface area contributed by atoms with Crippen molar-refractivity contribution in [3.05, 3.63) is 63.0 Å². The Labute approximate surface area is 193 Å².